The summed E-state index contributed by atoms with van der Waals surface area (Å²) < 4.78 is 113. The zero-order valence-electron chi connectivity index (χ0n) is 41.7. The molecule has 43 nitrogen and oxygen atoms in total. The Morgan fingerprint density at radius 1 is 0.512 bits per heavy atom. The van der Waals surface area contributed by atoms with Crippen molar-refractivity contribution >= 4 is 54.2 Å². The summed E-state index contributed by atoms with van der Waals surface area (Å²) in [5.74, 6) is -0.802. The van der Waals surface area contributed by atoms with Gasteiger partial charge in [0.1, 0.15) is 79.1 Å². The fourth-order valence-electron chi connectivity index (χ4n) is 8.97. The van der Waals surface area contributed by atoms with E-state index in [2.05, 4.69) is 24.5 Å². The largest absolute Gasteiger partial charge is 0.472 e. The van der Waals surface area contributed by atoms with Crippen LogP contribution < -0.4 is 45.2 Å². The molecule has 0 spiro atoms. The Kier molecular flexibility index (Phi) is 18.1. The molecule has 0 aromatic carbocycles. The number of fused-ring (bicyclic) bond motifs is 1. The van der Waals surface area contributed by atoms with Crippen molar-refractivity contribution < 1.29 is 119 Å². The number of nitrogens with one attached hydrogen (secondary N) is 3. The molecule has 9 heterocycles. The van der Waals surface area contributed by atoms with Gasteiger partial charge in [0.25, 0.3) is 16.7 Å². The molecule has 47 heteroatoms. The van der Waals surface area contributed by atoms with Crippen LogP contribution >= 0.6 is 31.3 Å². The van der Waals surface area contributed by atoms with Crippen LogP contribution in [-0.2, 0) is 68.9 Å². The molecule has 19 atom stereocenters. The molecule has 0 radical (unpaired) electrons. The van der Waals surface area contributed by atoms with E-state index in [1.807, 2.05) is 9.97 Å². The molecule has 4 aliphatic heterocycles. The summed E-state index contributed by atoms with van der Waals surface area (Å²) in [6.07, 6.45) is -28.8. The van der Waals surface area contributed by atoms with Crippen LogP contribution in [0.1, 0.15) is 24.9 Å². The van der Waals surface area contributed by atoms with Gasteiger partial charge in [-0.25, -0.2) is 37.6 Å². The van der Waals surface area contributed by atoms with Gasteiger partial charge in [0, 0.05) is 30.7 Å². The second-order valence-electron chi connectivity index (χ2n) is 18.4. The van der Waals surface area contributed by atoms with Gasteiger partial charge >= 0.3 is 48.4 Å². The number of rotatable bonds is 22. The lowest BCUT2D eigenvalue weighted by molar-refractivity contribution is -0.0651. The minimum absolute atomic E-state index is 0.316. The number of nitrogen functional groups attached to an aromatic ring is 2. The molecule has 0 bridgehead atoms. The number of ether oxygens (including phenoxy) is 4. The molecule has 9 rings (SSSR count). The SMILES string of the molecule is Nc1ccn([C@@H]2O[C@H](COP(=O)(O)O[C@H]3[C@@H](O)[C@H](n4cnc5c(=O)[nH]c(N)nc54)O[C@@H]3COP(=O)(O)O[C@H]3[C@@H](O)[C@H](n4ccc(=O)[nH]c4=O)O[C@@H]3COP(=O)(O)O)[C@@H](OP(=O)(O)OC[C@H]3O[C@@H](n4ccc(=O)[nH]c4=O)[C@H](O)[C@@H]3O)[C@H]2O)c(=O)n1. The van der Waals surface area contributed by atoms with Crippen molar-refractivity contribution in [2.75, 3.05) is 37.9 Å². The van der Waals surface area contributed by atoms with Crippen LogP contribution in [0.5, 0.6) is 0 Å². The highest BCUT2D eigenvalue weighted by Crippen LogP contribution is 2.54. The van der Waals surface area contributed by atoms with E-state index in [-0.39, 0.29) is 11.5 Å². The van der Waals surface area contributed by atoms with Gasteiger partial charge in [-0.15, -0.1) is 0 Å². The minimum Gasteiger partial charge on any atom is -0.387 e. The van der Waals surface area contributed by atoms with Gasteiger partial charge in [-0.05, 0) is 6.07 Å². The van der Waals surface area contributed by atoms with Gasteiger partial charge < -0.3 is 80.4 Å². The van der Waals surface area contributed by atoms with Crippen LogP contribution in [0, 0.1) is 0 Å². The van der Waals surface area contributed by atoms with Crippen molar-refractivity contribution in [3.05, 3.63) is 106 Å². The molecular formula is C37H48N12O31P4. The number of nitrogens with zero attached hydrogens (tertiary/aromatic N) is 7. The van der Waals surface area contributed by atoms with Gasteiger partial charge in [-0.3, -0.25) is 79.3 Å². The summed E-state index contributed by atoms with van der Waals surface area (Å²) in [5.41, 5.74) is 4.44. The maximum atomic E-state index is 14.0. The molecule has 4 aliphatic rings. The monoisotopic (exact) mass is 1280 g/mol. The first-order valence-electron chi connectivity index (χ1n) is 23.7. The van der Waals surface area contributed by atoms with Crippen LogP contribution in [0.4, 0.5) is 11.8 Å². The number of aliphatic hydroxyl groups excluding tert-OH is 5. The summed E-state index contributed by atoms with van der Waals surface area (Å²) in [6, 6.07) is 2.76. The molecule has 5 aromatic rings. The first kappa shape index (κ1) is 62.8. The molecule has 462 valence electrons. The van der Waals surface area contributed by atoms with Gasteiger partial charge in [0.15, 0.2) is 36.1 Å². The molecule has 5 aromatic heterocycles. The number of nitrogens with two attached hydrogens (primary N) is 2. The summed E-state index contributed by atoms with van der Waals surface area (Å²) in [6.45, 7) is -4.98. The Bertz CT molecular complexity index is 3830. The van der Waals surface area contributed by atoms with E-state index in [4.69, 9.17) is 57.6 Å². The van der Waals surface area contributed by atoms with E-state index in [0.717, 1.165) is 47.7 Å². The molecule has 3 unspecified atom stereocenters. The number of aromatic nitrogens is 10. The number of anilines is 2. The normalized spacial score (nSPS) is 32.2. The summed E-state index contributed by atoms with van der Waals surface area (Å²) in [7, 11) is -22.5. The number of hydrogen-bond donors (Lipinski definition) is 15. The lowest BCUT2D eigenvalue weighted by Crippen LogP contribution is -2.39. The second-order valence-corrected chi connectivity index (χ2v) is 23.8. The lowest BCUT2D eigenvalue weighted by atomic mass is 10.1. The molecular weight excluding hydrogens is 1230 g/mol. The van der Waals surface area contributed by atoms with Crippen molar-refractivity contribution in [1.29, 1.82) is 0 Å². The predicted molar refractivity (Wildman–Crippen MR) is 264 cm³/mol. The third-order valence-corrected chi connectivity index (χ3v) is 16.2. The van der Waals surface area contributed by atoms with Crippen LogP contribution in [-0.4, -0.2) is 198 Å². The Labute approximate surface area is 462 Å². The number of H-pyrrole nitrogens is 3. The lowest BCUT2D eigenvalue weighted by Gasteiger charge is -2.26. The maximum Gasteiger partial charge on any atom is 0.472 e. The van der Waals surface area contributed by atoms with Crippen molar-refractivity contribution in [3.8, 4) is 0 Å². The van der Waals surface area contributed by atoms with E-state index in [9.17, 15) is 97.0 Å². The molecule has 84 heavy (non-hydrogen) atoms. The first-order valence-corrected chi connectivity index (χ1v) is 29.7. The van der Waals surface area contributed by atoms with Crippen molar-refractivity contribution in [3.63, 3.8) is 0 Å². The smallest absolute Gasteiger partial charge is 0.387 e. The molecule has 4 saturated heterocycles. The third kappa shape index (κ3) is 13.8. The van der Waals surface area contributed by atoms with Crippen molar-refractivity contribution in [2.24, 2.45) is 0 Å². The molecule has 17 N–H and O–H groups in total. The minimum atomic E-state index is -5.83. The second kappa shape index (κ2) is 24.2. The number of hydrogen-bond acceptors (Lipinski definition) is 31. The highest BCUT2D eigenvalue weighted by Gasteiger charge is 2.55. The van der Waals surface area contributed by atoms with E-state index in [1.165, 1.54) is 0 Å². The van der Waals surface area contributed by atoms with Crippen LogP contribution in [0.25, 0.3) is 11.2 Å². The molecule has 4 fully saturated rings. The van der Waals surface area contributed by atoms with E-state index in [0.29, 0.717) is 13.7 Å². The Morgan fingerprint density at radius 3 is 1.37 bits per heavy atom. The quantitative estimate of drug-likeness (QED) is 0.0286. The van der Waals surface area contributed by atoms with Gasteiger partial charge in [-0.1, -0.05) is 0 Å². The highest BCUT2D eigenvalue weighted by atomic mass is 31.2. The number of phosphoric acid groups is 4. The fraction of sp³-hybridized carbons (Fsp3) is 0.541. The molecule has 0 amide bonds. The Morgan fingerprint density at radius 2 is 0.917 bits per heavy atom. The standard InChI is InChI=1S/C37H48N12O31P4/c38-16-1-4-46(35(58)41-16)31-23(55)26(79-82(64,65)71-7-12-20(52)21(53)30(74-12)47-5-2-17(50)42-36(47)59)14(76-31)9-72-84(68,69)80-27-15(77-33(24(27)56)49-11-40-19-28(49)44-34(39)45-29(19)57)10-73-83(66,67)78-25-13(8-70-81(61,62)63)75-32(22(25)54)48-6-3-18(51)43-37(48)60/h1-6,11-15,20-27,30-33,52-56H,7-10H2,(H,64,65)(H,66,67)(H,68,69)(H2,38,41,58)(H,42,50,59)(H,43,51,60)(H2,61,62,63)(H3,39,44,45,57)/t12-,13-,14-,15-,20-,21-,22-,23-,24-,25-,26-,27-,30-,31-,32-,33-/m1/s1. The predicted octanol–water partition coefficient (Wildman–Crippen LogP) is -7.35. The topological polar surface area (TPSA) is 632 Å². The van der Waals surface area contributed by atoms with Gasteiger partial charge in [-0.2, -0.15) is 9.97 Å². The summed E-state index contributed by atoms with van der Waals surface area (Å²) in [4.78, 5) is 143. The number of aromatic amines is 3. The summed E-state index contributed by atoms with van der Waals surface area (Å²) in [5, 5.41) is 55.7. The zero-order valence-corrected chi connectivity index (χ0v) is 45.3. The van der Waals surface area contributed by atoms with Crippen molar-refractivity contribution in [2.45, 2.75) is 98.2 Å². The number of imidazole rings is 1. The first-order chi connectivity index (χ1) is 39.3. The Balaban J connectivity index is 0.939. The van der Waals surface area contributed by atoms with Crippen LogP contribution in [0.15, 0.2) is 71.9 Å². The average molecular weight is 1280 g/mol. The van der Waals surface area contributed by atoms with E-state index in [1.54, 1.807) is 0 Å². The Hall–Kier alpha value is -5.73. The van der Waals surface area contributed by atoms with E-state index >= 15 is 0 Å². The third-order valence-electron chi connectivity index (χ3n) is 12.7. The highest BCUT2D eigenvalue weighted by molar-refractivity contribution is 7.48. The number of aliphatic hydroxyl groups is 5. The van der Waals surface area contributed by atoms with Crippen molar-refractivity contribution in [1.82, 2.24) is 48.2 Å². The molecule has 0 saturated carbocycles. The fourth-order valence-corrected chi connectivity index (χ4v) is 12.2. The summed E-state index contributed by atoms with van der Waals surface area (Å²) >= 11 is 0. The average Bonchev–Trinajstić information content (AvgIpc) is 2.19. The van der Waals surface area contributed by atoms with Crippen LogP contribution in [0.3, 0.4) is 0 Å². The molecule has 0 aliphatic carbocycles. The maximum absolute atomic E-state index is 14.0. The number of phosphoric ester groups is 4. The van der Waals surface area contributed by atoms with E-state index < -0.39 is 201 Å². The zero-order chi connectivity index (χ0) is 61.1. The van der Waals surface area contributed by atoms with Gasteiger partial charge in [0.2, 0.25) is 5.95 Å². The van der Waals surface area contributed by atoms with Crippen LogP contribution in [0.2, 0.25) is 0 Å². The van der Waals surface area contributed by atoms with Gasteiger partial charge in [0.05, 0.1) is 32.8 Å².